The van der Waals surface area contributed by atoms with Gasteiger partial charge in [-0.3, -0.25) is 0 Å². The van der Waals surface area contributed by atoms with Crippen LogP contribution in [-0.2, 0) is 6.18 Å². The van der Waals surface area contributed by atoms with E-state index in [1.807, 2.05) is 12.1 Å². The fourth-order valence-electron chi connectivity index (χ4n) is 1.91. The van der Waals surface area contributed by atoms with Crippen molar-refractivity contribution in [3.8, 4) is 5.75 Å². The normalized spacial score (nSPS) is 13.0. The van der Waals surface area contributed by atoms with Gasteiger partial charge in [-0.15, -0.1) is 0 Å². The number of hydrogen-bond acceptors (Lipinski definition) is 1. The zero-order valence-electron chi connectivity index (χ0n) is 10.9. The van der Waals surface area contributed by atoms with E-state index in [4.69, 9.17) is 4.74 Å². The van der Waals surface area contributed by atoms with Gasteiger partial charge in [0.25, 0.3) is 0 Å². The molecule has 1 atom stereocenters. The lowest BCUT2D eigenvalue weighted by molar-refractivity contribution is -0.137. The molecule has 0 aliphatic heterocycles. The monoisotopic (exact) mass is 422 g/mol. The van der Waals surface area contributed by atoms with E-state index in [1.54, 1.807) is 19.2 Å². The molecule has 2 aromatic rings. The highest BCUT2D eigenvalue weighted by atomic mass is 79.9. The van der Waals surface area contributed by atoms with E-state index in [1.165, 1.54) is 6.07 Å². The summed E-state index contributed by atoms with van der Waals surface area (Å²) in [6.07, 6.45) is -4.34. The van der Waals surface area contributed by atoms with Gasteiger partial charge in [-0.1, -0.05) is 40.2 Å². The van der Waals surface area contributed by atoms with Crippen molar-refractivity contribution in [3.63, 3.8) is 0 Å². The summed E-state index contributed by atoms with van der Waals surface area (Å²) in [5.74, 6) is 0.669. The Hall–Kier alpha value is -1.01. The quantitative estimate of drug-likeness (QED) is 0.553. The first-order chi connectivity index (χ1) is 9.82. The van der Waals surface area contributed by atoms with Gasteiger partial charge in [0.2, 0.25) is 0 Å². The number of ether oxygens (including phenoxy) is 1. The number of hydrogen-bond donors (Lipinski definition) is 0. The van der Waals surface area contributed by atoms with Gasteiger partial charge in [0.05, 0.1) is 22.0 Å². The third kappa shape index (κ3) is 3.80. The van der Waals surface area contributed by atoms with E-state index in [-0.39, 0.29) is 4.83 Å². The molecule has 6 heteroatoms. The Labute approximate surface area is 137 Å². The Morgan fingerprint density at radius 2 is 1.71 bits per heavy atom. The molecule has 0 aromatic heterocycles. The van der Waals surface area contributed by atoms with Gasteiger partial charge in [-0.05, 0) is 45.3 Å². The maximum Gasteiger partial charge on any atom is 0.416 e. The second-order valence-electron chi connectivity index (χ2n) is 4.38. The Balaban J connectivity index is 2.36. The molecule has 1 unspecified atom stereocenters. The molecule has 0 amide bonds. The van der Waals surface area contributed by atoms with E-state index in [9.17, 15) is 13.2 Å². The summed E-state index contributed by atoms with van der Waals surface area (Å²) in [7, 11) is 1.55. The molecule has 2 rings (SSSR count). The molecular formula is C15H11Br2F3O. The average Bonchev–Trinajstić information content (AvgIpc) is 2.45. The third-order valence-electron chi connectivity index (χ3n) is 2.98. The SMILES string of the molecule is COc1ccc(C(Br)c2cccc(C(F)(F)F)c2)cc1Br. The van der Waals surface area contributed by atoms with Gasteiger partial charge >= 0.3 is 6.18 Å². The number of rotatable bonds is 3. The fraction of sp³-hybridized carbons (Fsp3) is 0.200. The maximum absolute atomic E-state index is 12.8. The Bertz CT molecular complexity index is 641. The van der Waals surface area contributed by atoms with Crippen LogP contribution in [0.15, 0.2) is 46.9 Å². The lowest BCUT2D eigenvalue weighted by Gasteiger charge is -2.15. The van der Waals surface area contributed by atoms with Crippen LogP contribution in [0, 0.1) is 0 Å². The number of alkyl halides is 4. The van der Waals surface area contributed by atoms with Crippen LogP contribution in [0.5, 0.6) is 5.75 Å². The molecule has 21 heavy (non-hydrogen) atoms. The first-order valence-electron chi connectivity index (χ1n) is 5.97. The molecule has 0 saturated carbocycles. The van der Waals surface area contributed by atoms with Crippen LogP contribution in [0.3, 0.4) is 0 Å². The van der Waals surface area contributed by atoms with Crippen molar-refractivity contribution in [2.75, 3.05) is 7.11 Å². The molecular weight excluding hydrogens is 413 g/mol. The van der Waals surface area contributed by atoms with Crippen molar-refractivity contribution in [2.24, 2.45) is 0 Å². The standard InChI is InChI=1S/C15H11Br2F3O/c1-21-13-6-5-10(8-12(13)16)14(17)9-3-2-4-11(7-9)15(18,19)20/h2-8,14H,1H3. The summed E-state index contributed by atoms with van der Waals surface area (Å²) in [5, 5.41) is 0. The lowest BCUT2D eigenvalue weighted by atomic mass is 10.0. The van der Waals surface area contributed by atoms with Gasteiger partial charge in [-0.2, -0.15) is 13.2 Å². The molecule has 0 spiro atoms. The van der Waals surface area contributed by atoms with Crippen LogP contribution in [0.1, 0.15) is 21.5 Å². The number of methoxy groups -OCH3 is 1. The second-order valence-corrected chi connectivity index (χ2v) is 6.15. The minimum Gasteiger partial charge on any atom is -0.496 e. The van der Waals surface area contributed by atoms with E-state index >= 15 is 0 Å². The molecule has 0 aliphatic carbocycles. The van der Waals surface area contributed by atoms with Gasteiger partial charge in [0.1, 0.15) is 5.75 Å². The summed E-state index contributed by atoms with van der Waals surface area (Å²) >= 11 is 6.82. The highest BCUT2D eigenvalue weighted by Crippen LogP contribution is 2.37. The lowest BCUT2D eigenvalue weighted by Crippen LogP contribution is -2.06. The highest BCUT2D eigenvalue weighted by molar-refractivity contribution is 9.10. The van der Waals surface area contributed by atoms with Crippen molar-refractivity contribution in [1.29, 1.82) is 0 Å². The topological polar surface area (TPSA) is 9.23 Å². The summed E-state index contributed by atoms with van der Waals surface area (Å²) < 4.78 is 44.2. The van der Waals surface area contributed by atoms with Crippen LogP contribution in [0.2, 0.25) is 0 Å². The van der Waals surface area contributed by atoms with E-state index in [2.05, 4.69) is 31.9 Å². The summed E-state index contributed by atoms with van der Waals surface area (Å²) in [4.78, 5) is -0.331. The Kier molecular flexibility index (Phi) is 4.99. The molecule has 0 aliphatic rings. The molecule has 0 radical (unpaired) electrons. The highest BCUT2D eigenvalue weighted by Gasteiger charge is 2.30. The Morgan fingerprint density at radius 1 is 1.05 bits per heavy atom. The molecule has 1 nitrogen and oxygen atoms in total. The van der Waals surface area contributed by atoms with Gasteiger partial charge < -0.3 is 4.74 Å². The average molecular weight is 424 g/mol. The van der Waals surface area contributed by atoms with Crippen LogP contribution < -0.4 is 4.74 Å². The van der Waals surface area contributed by atoms with Crippen molar-refractivity contribution in [1.82, 2.24) is 0 Å². The molecule has 112 valence electrons. The molecule has 0 bridgehead atoms. The first-order valence-corrected chi connectivity index (χ1v) is 7.68. The van der Waals surface area contributed by atoms with Gasteiger partial charge in [0, 0.05) is 0 Å². The molecule has 0 N–H and O–H groups in total. The zero-order valence-corrected chi connectivity index (χ0v) is 14.1. The minimum atomic E-state index is -4.34. The molecule has 2 aromatic carbocycles. The second kappa shape index (κ2) is 6.40. The molecule has 0 fully saturated rings. The zero-order chi connectivity index (χ0) is 15.6. The van der Waals surface area contributed by atoms with Gasteiger partial charge in [0.15, 0.2) is 0 Å². The third-order valence-corrected chi connectivity index (χ3v) is 4.65. The van der Waals surface area contributed by atoms with Crippen molar-refractivity contribution >= 4 is 31.9 Å². The van der Waals surface area contributed by atoms with Crippen molar-refractivity contribution in [2.45, 2.75) is 11.0 Å². The maximum atomic E-state index is 12.8. The summed E-state index contributed by atoms with van der Waals surface area (Å²) in [5.41, 5.74) is 0.723. The summed E-state index contributed by atoms with van der Waals surface area (Å²) in [6.45, 7) is 0. The van der Waals surface area contributed by atoms with Crippen LogP contribution >= 0.6 is 31.9 Å². The number of benzene rings is 2. The van der Waals surface area contributed by atoms with Crippen LogP contribution in [-0.4, -0.2) is 7.11 Å². The fourth-order valence-corrected chi connectivity index (χ4v) is 3.03. The number of halogens is 5. The van der Waals surface area contributed by atoms with Crippen molar-refractivity contribution < 1.29 is 17.9 Å². The molecule has 0 heterocycles. The smallest absolute Gasteiger partial charge is 0.416 e. The van der Waals surface area contributed by atoms with E-state index in [0.29, 0.717) is 11.3 Å². The van der Waals surface area contributed by atoms with Crippen LogP contribution in [0.4, 0.5) is 13.2 Å². The predicted molar refractivity (Wildman–Crippen MR) is 82.9 cm³/mol. The van der Waals surface area contributed by atoms with E-state index < -0.39 is 11.7 Å². The Morgan fingerprint density at radius 3 is 2.29 bits per heavy atom. The van der Waals surface area contributed by atoms with Gasteiger partial charge in [-0.25, -0.2) is 0 Å². The van der Waals surface area contributed by atoms with E-state index in [0.717, 1.165) is 22.2 Å². The summed E-state index contributed by atoms with van der Waals surface area (Å²) in [6, 6.07) is 10.7. The van der Waals surface area contributed by atoms with Crippen LogP contribution in [0.25, 0.3) is 0 Å². The largest absolute Gasteiger partial charge is 0.496 e. The van der Waals surface area contributed by atoms with Crippen molar-refractivity contribution in [3.05, 3.63) is 63.6 Å². The predicted octanol–water partition coefficient (Wildman–Crippen LogP) is 5.96. The molecule has 0 saturated heterocycles. The minimum absolute atomic E-state index is 0.331. The first kappa shape index (κ1) is 16.4.